The van der Waals surface area contributed by atoms with Gasteiger partial charge in [0, 0.05) is 0 Å². The Balaban J connectivity index is 0. The van der Waals surface area contributed by atoms with Gasteiger partial charge in [0.15, 0.2) is 0 Å². The minimum atomic E-state index is -0.667. The van der Waals surface area contributed by atoms with Crippen LogP contribution in [0.4, 0.5) is 0 Å². The van der Waals surface area contributed by atoms with Gasteiger partial charge in [-0.25, -0.2) is 0 Å². The Morgan fingerprint density at radius 3 is 1.12 bits per heavy atom. The molecule has 0 rings (SSSR count). The van der Waals surface area contributed by atoms with Crippen LogP contribution in [-0.2, 0) is 0 Å². The highest BCUT2D eigenvalue weighted by Gasteiger charge is 1.68. The average Bonchev–Trinajstić information content (AvgIpc) is 1.25. The van der Waals surface area contributed by atoms with Crippen molar-refractivity contribution in [2.75, 3.05) is 0 Å². The molecule has 0 aliphatic heterocycles. The van der Waals surface area contributed by atoms with Crippen molar-refractivity contribution in [2.24, 2.45) is 11.5 Å². The molecule has 3 heteroatoms. The molecule has 0 spiro atoms. The molecule has 0 aromatic carbocycles. The van der Waals surface area contributed by atoms with Gasteiger partial charge in [-0.2, -0.15) is 0 Å². The molecule has 0 aliphatic carbocycles. The maximum absolute atomic E-state index is 7.83. The molecule has 0 aromatic heterocycles. The van der Waals surface area contributed by atoms with Crippen molar-refractivity contribution in [1.29, 1.82) is 0 Å². The van der Waals surface area contributed by atoms with Gasteiger partial charge in [0.1, 0.15) is 0 Å². The van der Waals surface area contributed by atoms with Gasteiger partial charge in [0.2, 0.25) is 0 Å². The van der Waals surface area contributed by atoms with Crippen LogP contribution >= 0.6 is 0 Å². The number of hydrogen-bond donors (Lipinski definition) is 3. The Hall–Kier alpha value is -0.120. The average molecular weight is 120 g/mol. The predicted octanol–water partition coefficient (Wildman–Crippen LogP) is -0.363. The Morgan fingerprint density at radius 1 is 1.12 bits per heavy atom. The zero-order valence-electron chi connectivity index (χ0n) is 5.76. The summed E-state index contributed by atoms with van der Waals surface area (Å²) in [7, 11) is 0. The van der Waals surface area contributed by atoms with E-state index in [0.717, 1.165) is 0 Å². The maximum Gasteiger partial charge on any atom is 0.0991 e. The van der Waals surface area contributed by atoms with Crippen LogP contribution in [0.3, 0.4) is 0 Å². The smallest absolute Gasteiger partial charge is 0.0991 e. The molecular formula is C5H16N2O. The van der Waals surface area contributed by atoms with E-state index in [4.69, 9.17) is 10.8 Å². The topological polar surface area (TPSA) is 72.3 Å². The molecule has 0 fully saturated rings. The third-order valence-corrected chi connectivity index (χ3v) is 0. The van der Waals surface area contributed by atoms with E-state index in [1.54, 1.807) is 0 Å². The molecule has 0 radical (unpaired) electrons. The summed E-state index contributed by atoms with van der Waals surface area (Å²) in [6.45, 7) is 5.39. The Morgan fingerprint density at radius 2 is 1.12 bits per heavy atom. The summed E-state index contributed by atoms with van der Waals surface area (Å²) in [6, 6.07) is 0.333. The van der Waals surface area contributed by atoms with E-state index < -0.39 is 6.23 Å². The van der Waals surface area contributed by atoms with Crippen LogP contribution in [0.1, 0.15) is 20.8 Å². The van der Waals surface area contributed by atoms with Crippen LogP contribution in [-0.4, -0.2) is 17.4 Å². The number of nitrogens with two attached hydrogens (primary N) is 2. The summed E-state index contributed by atoms with van der Waals surface area (Å²) in [5.74, 6) is 0. The summed E-state index contributed by atoms with van der Waals surface area (Å²) < 4.78 is 0. The fourth-order valence-corrected chi connectivity index (χ4v) is 0. The number of rotatable bonds is 0. The summed E-state index contributed by atoms with van der Waals surface area (Å²) in [4.78, 5) is 0. The first-order chi connectivity index (χ1) is 3.46. The van der Waals surface area contributed by atoms with Crippen molar-refractivity contribution in [1.82, 2.24) is 0 Å². The zero-order chi connectivity index (χ0) is 7.15. The molecule has 0 amide bonds. The molecule has 3 nitrogen and oxygen atoms in total. The Kier molecular flexibility index (Phi) is 9.28. The molecule has 8 heavy (non-hydrogen) atoms. The number of aliphatic hydroxyl groups excluding tert-OH is 1. The van der Waals surface area contributed by atoms with E-state index in [2.05, 4.69) is 5.73 Å². The molecule has 0 saturated heterocycles. The monoisotopic (exact) mass is 120 g/mol. The van der Waals surface area contributed by atoms with E-state index in [-0.39, 0.29) is 0 Å². The maximum atomic E-state index is 7.83. The van der Waals surface area contributed by atoms with Crippen LogP contribution in [0.25, 0.3) is 0 Å². The first kappa shape index (κ1) is 10.8. The highest BCUT2D eigenvalue weighted by atomic mass is 16.3. The van der Waals surface area contributed by atoms with Crippen LogP contribution in [0, 0.1) is 0 Å². The predicted molar refractivity (Wildman–Crippen MR) is 35.2 cm³/mol. The first-order valence-electron chi connectivity index (χ1n) is 2.66. The largest absolute Gasteiger partial charge is 0.379 e. The lowest BCUT2D eigenvalue weighted by molar-refractivity contribution is 0.203. The minimum absolute atomic E-state index is 0.333. The second-order valence-corrected chi connectivity index (χ2v) is 1.98. The Bertz CT molecular complexity index is 25.9. The summed E-state index contributed by atoms with van der Waals surface area (Å²) in [5, 5.41) is 7.83. The molecule has 52 valence electrons. The van der Waals surface area contributed by atoms with Crippen molar-refractivity contribution in [2.45, 2.75) is 33.0 Å². The van der Waals surface area contributed by atoms with E-state index in [9.17, 15) is 0 Å². The quantitative estimate of drug-likeness (QED) is 0.382. The molecule has 0 aliphatic rings. The second-order valence-electron chi connectivity index (χ2n) is 1.98. The fraction of sp³-hybridized carbons (Fsp3) is 1.00. The lowest BCUT2D eigenvalue weighted by Crippen LogP contribution is -2.11. The SMILES string of the molecule is CC(C)N.CC(N)O. The van der Waals surface area contributed by atoms with Crippen LogP contribution in [0.5, 0.6) is 0 Å². The van der Waals surface area contributed by atoms with Crippen molar-refractivity contribution in [3.05, 3.63) is 0 Å². The molecular weight excluding hydrogens is 104 g/mol. The zero-order valence-corrected chi connectivity index (χ0v) is 5.76. The second kappa shape index (κ2) is 6.88. The molecule has 0 heterocycles. The van der Waals surface area contributed by atoms with Gasteiger partial charge in [-0.15, -0.1) is 0 Å². The van der Waals surface area contributed by atoms with Crippen LogP contribution in [0.15, 0.2) is 0 Å². The summed E-state index contributed by atoms with van der Waals surface area (Å²) >= 11 is 0. The van der Waals surface area contributed by atoms with Crippen molar-refractivity contribution in [3.8, 4) is 0 Å². The highest BCUT2D eigenvalue weighted by Crippen LogP contribution is 1.58. The third kappa shape index (κ3) is 9720. The van der Waals surface area contributed by atoms with Gasteiger partial charge >= 0.3 is 0 Å². The van der Waals surface area contributed by atoms with Gasteiger partial charge in [0.05, 0.1) is 6.23 Å². The molecule has 1 unspecified atom stereocenters. The van der Waals surface area contributed by atoms with Crippen molar-refractivity contribution < 1.29 is 5.11 Å². The van der Waals surface area contributed by atoms with Crippen molar-refractivity contribution in [3.63, 3.8) is 0 Å². The summed E-state index contributed by atoms with van der Waals surface area (Å²) in [6.07, 6.45) is -0.667. The van der Waals surface area contributed by atoms with E-state index in [1.165, 1.54) is 6.92 Å². The van der Waals surface area contributed by atoms with E-state index >= 15 is 0 Å². The molecule has 1 atom stereocenters. The Labute approximate surface area is 50.7 Å². The highest BCUT2D eigenvalue weighted by molar-refractivity contribution is 4.32. The molecule has 0 aromatic rings. The van der Waals surface area contributed by atoms with Gasteiger partial charge < -0.3 is 16.6 Å². The van der Waals surface area contributed by atoms with Crippen LogP contribution < -0.4 is 11.5 Å². The van der Waals surface area contributed by atoms with E-state index in [0.29, 0.717) is 6.04 Å². The lowest BCUT2D eigenvalue weighted by atomic mass is 10.5. The van der Waals surface area contributed by atoms with Gasteiger partial charge in [-0.05, 0) is 13.0 Å². The standard InChI is InChI=1S/C3H9N.C2H7NO/c1-3(2)4;1-2(3)4/h3H,4H2,1-2H3;2,4H,3H2,1H3. The molecule has 0 bridgehead atoms. The fourth-order valence-electron chi connectivity index (χ4n) is 0. The normalized spacial score (nSPS) is 12.4. The molecule has 5 N–H and O–H groups in total. The first-order valence-corrected chi connectivity index (χ1v) is 2.66. The number of aliphatic hydroxyl groups is 1. The van der Waals surface area contributed by atoms with Crippen molar-refractivity contribution >= 4 is 0 Å². The van der Waals surface area contributed by atoms with Gasteiger partial charge in [-0.3, -0.25) is 0 Å². The van der Waals surface area contributed by atoms with E-state index in [1.807, 2.05) is 13.8 Å². The van der Waals surface area contributed by atoms with Gasteiger partial charge in [0.25, 0.3) is 0 Å². The molecule has 0 saturated carbocycles. The van der Waals surface area contributed by atoms with Gasteiger partial charge in [-0.1, -0.05) is 13.8 Å². The minimum Gasteiger partial charge on any atom is -0.379 e. The number of hydrogen-bond acceptors (Lipinski definition) is 3. The van der Waals surface area contributed by atoms with Crippen LogP contribution in [0.2, 0.25) is 0 Å². The lowest BCUT2D eigenvalue weighted by Gasteiger charge is -1.82. The third-order valence-electron chi connectivity index (χ3n) is 0. The summed E-state index contributed by atoms with van der Waals surface area (Å²) in [5.41, 5.74) is 9.78.